The molecule has 1 aliphatic heterocycles. The third-order valence-corrected chi connectivity index (χ3v) is 4.26. The first kappa shape index (κ1) is 15.6. The lowest BCUT2D eigenvalue weighted by Gasteiger charge is -2.31. The molecule has 2 aliphatic rings. The molecule has 1 aliphatic carbocycles. The molecule has 0 aromatic heterocycles. The van der Waals surface area contributed by atoms with Gasteiger partial charge in [-0.1, -0.05) is 0 Å². The van der Waals surface area contributed by atoms with E-state index in [1.807, 2.05) is 0 Å². The van der Waals surface area contributed by atoms with Gasteiger partial charge in [-0.2, -0.15) is 13.2 Å². The first-order valence-electron chi connectivity index (χ1n) is 7.03. The summed E-state index contributed by atoms with van der Waals surface area (Å²) in [5, 5.41) is 5.62. The molecule has 0 spiro atoms. The molecule has 2 fully saturated rings. The molecule has 1 amide bonds. The third-order valence-electron chi connectivity index (χ3n) is 4.26. The number of piperidine rings is 1. The van der Waals surface area contributed by atoms with E-state index in [0.29, 0.717) is 0 Å². The smallest absolute Gasteiger partial charge is 0.381 e. The van der Waals surface area contributed by atoms with E-state index in [1.165, 1.54) is 0 Å². The molecule has 0 aromatic rings. The van der Waals surface area contributed by atoms with Crippen LogP contribution in [0.4, 0.5) is 13.2 Å². The number of hydrogen-bond acceptors (Lipinski definition) is 3. The maximum Gasteiger partial charge on any atom is 0.393 e. The van der Waals surface area contributed by atoms with E-state index in [1.54, 1.807) is 7.11 Å². The highest BCUT2D eigenvalue weighted by molar-refractivity contribution is 5.82. The van der Waals surface area contributed by atoms with Crippen LogP contribution < -0.4 is 10.6 Å². The number of alkyl halides is 3. The van der Waals surface area contributed by atoms with Gasteiger partial charge in [0.25, 0.3) is 0 Å². The average Bonchev–Trinajstić information content (AvgIpc) is 2.85. The van der Waals surface area contributed by atoms with Gasteiger partial charge >= 0.3 is 6.18 Å². The average molecular weight is 294 g/mol. The van der Waals surface area contributed by atoms with Gasteiger partial charge in [-0.3, -0.25) is 4.79 Å². The van der Waals surface area contributed by atoms with Crippen molar-refractivity contribution in [1.82, 2.24) is 10.6 Å². The lowest BCUT2D eigenvalue weighted by molar-refractivity contribution is -0.180. The highest BCUT2D eigenvalue weighted by atomic mass is 19.4. The van der Waals surface area contributed by atoms with Gasteiger partial charge in [0.15, 0.2) is 0 Å². The molecule has 0 aromatic carbocycles. The molecular weight excluding hydrogens is 273 g/mol. The molecule has 0 bridgehead atoms. The fourth-order valence-electron chi connectivity index (χ4n) is 2.95. The largest absolute Gasteiger partial charge is 0.393 e. The first-order valence-corrected chi connectivity index (χ1v) is 7.03. The minimum Gasteiger partial charge on any atom is -0.381 e. The number of nitrogens with one attached hydrogen (secondary N) is 2. The van der Waals surface area contributed by atoms with E-state index in [9.17, 15) is 18.0 Å². The molecule has 1 saturated carbocycles. The summed E-state index contributed by atoms with van der Waals surface area (Å²) in [6.45, 7) is -0.174. The quantitative estimate of drug-likeness (QED) is 0.831. The molecule has 0 radical (unpaired) electrons. The van der Waals surface area contributed by atoms with Gasteiger partial charge in [0, 0.05) is 19.7 Å². The molecule has 7 heteroatoms. The molecule has 4 nitrogen and oxygen atoms in total. The summed E-state index contributed by atoms with van der Waals surface area (Å²) in [5.41, 5.74) is 0. The summed E-state index contributed by atoms with van der Waals surface area (Å²) >= 11 is 0. The predicted octanol–water partition coefficient (Wildman–Crippen LogP) is 1.60. The Kier molecular flexibility index (Phi) is 4.90. The molecule has 4 unspecified atom stereocenters. The fraction of sp³-hybridized carbons (Fsp3) is 0.923. The minimum atomic E-state index is -4.18. The maximum absolute atomic E-state index is 12.5. The Morgan fingerprint density at radius 3 is 2.50 bits per heavy atom. The maximum atomic E-state index is 12.5. The molecule has 2 N–H and O–H groups in total. The summed E-state index contributed by atoms with van der Waals surface area (Å²) in [5.74, 6) is -1.52. The monoisotopic (exact) mass is 294 g/mol. The molecule has 4 atom stereocenters. The third kappa shape index (κ3) is 3.85. The van der Waals surface area contributed by atoms with Crippen molar-refractivity contribution in [3.63, 3.8) is 0 Å². The van der Waals surface area contributed by atoms with E-state index < -0.39 is 18.1 Å². The highest BCUT2D eigenvalue weighted by Crippen LogP contribution is 2.32. The van der Waals surface area contributed by atoms with Crippen molar-refractivity contribution in [1.29, 1.82) is 0 Å². The Morgan fingerprint density at radius 1 is 1.25 bits per heavy atom. The summed E-state index contributed by atoms with van der Waals surface area (Å²) in [6, 6.07) is -0.426. The summed E-state index contributed by atoms with van der Waals surface area (Å²) < 4.78 is 42.8. The van der Waals surface area contributed by atoms with Crippen LogP contribution in [0.1, 0.15) is 32.1 Å². The SMILES string of the molecule is COC1CCC(NC(=O)C2CCC(C(F)(F)F)CN2)C1. The van der Waals surface area contributed by atoms with Gasteiger partial charge < -0.3 is 15.4 Å². The van der Waals surface area contributed by atoms with Crippen molar-refractivity contribution in [2.75, 3.05) is 13.7 Å². The van der Waals surface area contributed by atoms with Crippen molar-refractivity contribution in [2.45, 2.75) is 56.5 Å². The lowest BCUT2D eigenvalue weighted by Crippen LogP contribution is -2.52. The van der Waals surface area contributed by atoms with Crippen molar-refractivity contribution >= 4 is 5.91 Å². The first-order chi connectivity index (χ1) is 9.40. The van der Waals surface area contributed by atoms with Crippen LogP contribution in [-0.2, 0) is 9.53 Å². The van der Waals surface area contributed by atoms with Crippen LogP contribution in [0, 0.1) is 5.92 Å². The number of ether oxygens (including phenoxy) is 1. The zero-order valence-corrected chi connectivity index (χ0v) is 11.5. The Labute approximate surface area is 116 Å². The number of carbonyl (C=O) groups is 1. The van der Waals surface area contributed by atoms with Gasteiger partial charge in [-0.25, -0.2) is 0 Å². The second-order valence-electron chi connectivity index (χ2n) is 5.65. The Morgan fingerprint density at radius 2 is 2.00 bits per heavy atom. The van der Waals surface area contributed by atoms with E-state index >= 15 is 0 Å². The van der Waals surface area contributed by atoms with Gasteiger partial charge in [-0.15, -0.1) is 0 Å². The second kappa shape index (κ2) is 6.30. The highest BCUT2D eigenvalue weighted by Gasteiger charge is 2.42. The van der Waals surface area contributed by atoms with Crippen LogP contribution >= 0.6 is 0 Å². The summed E-state index contributed by atoms with van der Waals surface area (Å²) in [6.07, 6.45) is -1.20. The van der Waals surface area contributed by atoms with Crippen LogP contribution in [0.15, 0.2) is 0 Å². The van der Waals surface area contributed by atoms with E-state index in [0.717, 1.165) is 19.3 Å². The number of carbonyl (C=O) groups excluding carboxylic acids is 1. The number of methoxy groups -OCH3 is 1. The molecule has 20 heavy (non-hydrogen) atoms. The molecule has 2 rings (SSSR count). The van der Waals surface area contributed by atoms with Crippen LogP contribution in [0.2, 0.25) is 0 Å². The number of hydrogen-bond donors (Lipinski definition) is 2. The summed E-state index contributed by atoms with van der Waals surface area (Å²) in [4.78, 5) is 12.0. The van der Waals surface area contributed by atoms with Gasteiger partial charge in [0.2, 0.25) is 5.91 Å². The Balaban J connectivity index is 1.75. The zero-order valence-electron chi connectivity index (χ0n) is 11.5. The number of amides is 1. The minimum absolute atomic E-state index is 0.0138. The number of rotatable bonds is 3. The van der Waals surface area contributed by atoms with Crippen molar-refractivity contribution in [3.8, 4) is 0 Å². The second-order valence-corrected chi connectivity index (χ2v) is 5.65. The van der Waals surface area contributed by atoms with Crippen molar-refractivity contribution < 1.29 is 22.7 Å². The topological polar surface area (TPSA) is 50.4 Å². The van der Waals surface area contributed by atoms with Gasteiger partial charge in [0.05, 0.1) is 18.1 Å². The molecule has 1 heterocycles. The Bertz CT molecular complexity index is 341. The van der Waals surface area contributed by atoms with Crippen molar-refractivity contribution in [3.05, 3.63) is 0 Å². The predicted molar refractivity (Wildman–Crippen MR) is 67.1 cm³/mol. The van der Waals surface area contributed by atoms with Crippen molar-refractivity contribution in [2.24, 2.45) is 5.92 Å². The normalized spacial score (nSPS) is 35.0. The van der Waals surface area contributed by atoms with Crippen LogP contribution in [-0.4, -0.2) is 43.9 Å². The standard InChI is InChI=1S/C13H21F3N2O2/c1-20-10-4-3-9(6-10)18-12(19)11-5-2-8(7-17-11)13(14,15)16/h8-11,17H,2-7H2,1H3,(H,18,19). The van der Waals surface area contributed by atoms with Gasteiger partial charge in [-0.05, 0) is 32.1 Å². The molecule has 116 valence electrons. The zero-order chi connectivity index (χ0) is 14.8. The number of halogens is 3. The van der Waals surface area contributed by atoms with Crippen LogP contribution in [0.25, 0.3) is 0 Å². The van der Waals surface area contributed by atoms with Gasteiger partial charge in [0.1, 0.15) is 0 Å². The molecule has 1 saturated heterocycles. The van der Waals surface area contributed by atoms with Crippen LogP contribution in [0.3, 0.4) is 0 Å². The van der Waals surface area contributed by atoms with E-state index in [4.69, 9.17) is 4.74 Å². The molecular formula is C13H21F3N2O2. The lowest BCUT2D eigenvalue weighted by atomic mass is 9.93. The van der Waals surface area contributed by atoms with E-state index in [-0.39, 0.29) is 37.4 Å². The van der Waals surface area contributed by atoms with E-state index in [2.05, 4.69) is 10.6 Å². The fourth-order valence-corrected chi connectivity index (χ4v) is 2.95. The van der Waals surface area contributed by atoms with Crippen LogP contribution in [0.5, 0.6) is 0 Å². The Hall–Kier alpha value is -0.820. The summed E-state index contributed by atoms with van der Waals surface area (Å²) in [7, 11) is 1.65.